The zero-order chi connectivity index (χ0) is 13.5. The van der Waals surface area contributed by atoms with Crippen molar-refractivity contribution < 1.29 is 9.90 Å². The Hall–Kier alpha value is -1.89. The molecule has 0 saturated heterocycles. The number of nitrogens with one attached hydrogen (secondary N) is 2. The van der Waals surface area contributed by atoms with Crippen molar-refractivity contribution in [1.82, 2.24) is 15.6 Å². The Morgan fingerprint density at radius 3 is 2.72 bits per heavy atom. The molecule has 0 saturated carbocycles. The zero-order valence-corrected chi connectivity index (χ0v) is 10.8. The van der Waals surface area contributed by atoms with Gasteiger partial charge in [0.2, 0.25) is 5.91 Å². The molecule has 0 radical (unpaired) electrons. The Labute approximate surface area is 106 Å². The van der Waals surface area contributed by atoms with Gasteiger partial charge in [-0.2, -0.15) is 0 Å². The van der Waals surface area contributed by atoms with Crippen molar-refractivity contribution in [2.24, 2.45) is 0 Å². The fourth-order valence-electron chi connectivity index (χ4n) is 1.31. The van der Waals surface area contributed by atoms with Crippen LogP contribution in [0.2, 0.25) is 0 Å². The maximum atomic E-state index is 11.0. The van der Waals surface area contributed by atoms with E-state index in [9.17, 15) is 9.90 Å². The van der Waals surface area contributed by atoms with E-state index in [0.717, 1.165) is 0 Å². The van der Waals surface area contributed by atoms with Crippen LogP contribution in [0.25, 0.3) is 0 Å². The second-order valence-electron chi connectivity index (χ2n) is 4.03. The number of aliphatic hydroxyl groups is 1. The fourth-order valence-corrected chi connectivity index (χ4v) is 1.31. The van der Waals surface area contributed by atoms with Gasteiger partial charge in [0.05, 0.1) is 6.10 Å². The van der Waals surface area contributed by atoms with Crippen molar-refractivity contribution in [3.05, 3.63) is 12.1 Å². The van der Waals surface area contributed by atoms with E-state index in [2.05, 4.69) is 21.0 Å². The van der Waals surface area contributed by atoms with Crippen LogP contribution in [0.15, 0.2) is 12.1 Å². The smallest absolute Gasteiger partial charge is 0.238 e. The largest absolute Gasteiger partial charge is 0.392 e. The number of carbonyl (C=O) groups is 1. The first-order valence-electron chi connectivity index (χ1n) is 5.80. The van der Waals surface area contributed by atoms with E-state index in [1.807, 2.05) is 7.05 Å². The number of nitrogens with zero attached hydrogens (tertiary/aromatic N) is 3. The highest BCUT2D eigenvalue weighted by Gasteiger charge is 2.06. The van der Waals surface area contributed by atoms with Gasteiger partial charge in [0.25, 0.3) is 0 Å². The number of likely N-dealkylation sites (N-methyl/N-ethyl adjacent to an activating group) is 1. The predicted octanol–water partition coefficient (Wildman–Crippen LogP) is 0.147. The molecule has 0 spiro atoms. The molecule has 1 rings (SSSR count). The molecule has 0 aliphatic carbocycles. The first-order valence-corrected chi connectivity index (χ1v) is 5.80. The molecule has 0 bridgehead atoms. The summed E-state index contributed by atoms with van der Waals surface area (Å²) < 4.78 is 0. The summed E-state index contributed by atoms with van der Waals surface area (Å²) in [6.07, 6.45) is -0.0335. The van der Waals surface area contributed by atoms with Gasteiger partial charge in [-0.1, -0.05) is 6.92 Å². The highest BCUT2D eigenvalue weighted by molar-refractivity contribution is 5.76. The van der Waals surface area contributed by atoms with Crippen molar-refractivity contribution in [3.63, 3.8) is 0 Å². The quantitative estimate of drug-likeness (QED) is 0.625. The molecule has 1 aromatic heterocycles. The number of hydrogen-bond donors (Lipinski definition) is 3. The molecule has 18 heavy (non-hydrogen) atoms. The number of rotatable bonds is 6. The molecule has 0 aromatic carbocycles. The first kappa shape index (κ1) is 14.2. The minimum Gasteiger partial charge on any atom is -0.392 e. The Kier molecular flexibility index (Phi) is 5.31. The molecular weight excluding hydrogens is 234 g/mol. The number of hydrazine groups is 1. The first-order chi connectivity index (χ1) is 8.52. The molecule has 3 N–H and O–H groups in total. The molecule has 1 unspecified atom stereocenters. The molecule has 1 heterocycles. The molecule has 0 aliphatic rings. The normalized spacial score (nSPS) is 11.8. The molecule has 1 amide bonds. The number of anilines is 2. The highest BCUT2D eigenvalue weighted by Crippen LogP contribution is 2.09. The third-order valence-electron chi connectivity index (χ3n) is 2.23. The third kappa shape index (κ3) is 4.54. The van der Waals surface area contributed by atoms with Crippen LogP contribution >= 0.6 is 0 Å². The Balaban J connectivity index is 2.54. The lowest BCUT2D eigenvalue weighted by Crippen LogP contribution is -2.30. The van der Waals surface area contributed by atoms with Gasteiger partial charge in [-0.15, -0.1) is 10.2 Å². The van der Waals surface area contributed by atoms with Gasteiger partial charge in [-0.05, 0) is 19.1 Å². The van der Waals surface area contributed by atoms with Crippen LogP contribution in [0.1, 0.15) is 20.3 Å². The highest BCUT2D eigenvalue weighted by atomic mass is 16.3. The molecule has 1 atom stereocenters. The monoisotopic (exact) mass is 253 g/mol. The Morgan fingerprint density at radius 2 is 2.22 bits per heavy atom. The molecule has 1 aromatic rings. The fraction of sp³-hybridized carbons (Fsp3) is 0.545. The van der Waals surface area contributed by atoms with Crippen LogP contribution in [0.4, 0.5) is 11.6 Å². The van der Waals surface area contributed by atoms with Crippen LogP contribution in [0, 0.1) is 0 Å². The summed E-state index contributed by atoms with van der Waals surface area (Å²) in [5.41, 5.74) is 5.15. The summed E-state index contributed by atoms with van der Waals surface area (Å²) in [6.45, 7) is 3.95. The van der Waals surface area contributed by atoms with Crippen molar-refractivity contribution >= 4 is 17.5 Å². The van der Waals surface area contributed by atoms with E-state index in [1.165, 1.54) is 0 Å². The topological polar surface area (TPSA) is 90.4 Å². The van der Waals surface area contributed by atoms with Crippen LogP contribution in [0.3, 0.4) is 0 Å². The van der Waals surface area contributed by atoms with E-state index in [-0.39, 0.29) is 5.91 Å². The summed E-state index contributed by atoms with van der Waals surface area (Å²) in [6, 6.07) is 3.46. The van der Waals surface area contributed by atoms with Gasteiger partial charge in [-0.25, -0.2) is 0 Å². The van der Waals surface area contributed by atoms with Crippen molar-refractivity contribution in [3.8, 4) is 0 Å². The molecular formula is C11H19N5O2. The molecule has 0 fully saturated rings. The van der Waals surface area contributed by atoms with Gasteiger partial charge in [-0.3, -0.25) is 15.6 Å². The molecule has 7 nitrogen and oxygen atoms in total. The number of amides is 1. The summed E-state index contributed by atoms with van der Waals surface area (Å²) in [4.78, 5) is 12.8. The number of aromatic nitrogens is 2. The third-order valence-corrected chi connectivity index (χ3v) is 2.23. The summed E-state index contributed by atoms with van der Waals surface area (Å²) >= 11 is 0. The lowest BCUT2D eigenvalue weighted by atomic mass is 10.3. The average molecular weight is 253 g/mol. The van der Waals surface area contributed by atoms with E-state index in [1.54, 1.807) is 30.9 Å². The number of carbonyl (C=O) groups excluding carboxylic acids is 1. The lowest BCUT2D eigenvalue weighted by Gasteiger charge is -2.19. The average Bonchev–Trinajstić information content (AvgIpc) is 2.35. The second kappa shape index (κ2) is 6.75. The minimum absolute atomic E-state index is 0.118. The zero-order valence-electron chi connectivity index (χ0n) is 10.8. The maximum absolute atomic E-state index is 11.0. The molecule has 100 valence electrons. The van der Waals surface area contributed by atoms with Crippen molar-refractivity contribution in [2.45, 2.75) is 26.4 Å². The van der Waals surface area contributed by atoms with Gasteiger partial charge in [0, 0.05) is 20.0 Å². The summed E-state index contributed by atoms with van der Waals surface area (Å²) in [7, 11) is 1.82. The lowest BCUT2D eigenvalue weighted by molar-refractivity contribution is -0.120. The van der Waals surface area contributed by atoms with Crippen molar-refractivity contribution in [2.75, 3.05) is 23.9 Å². The van der Waals surface area contributed by atoms with Crippen molar-refractivity contribution in [1.29, 1.82) is 0 Å². The SMILES string of the molecule is CCC(=O)NNc1ccc(N(C)CC(C)O)nn1. The van der Waals surface area contributed by atoms with Crippen LogP contribution in [-0.4, -0.2) is 40.9 Å². The van der Waals surface area contributed by atoms with E-state index in [0.29, 0.717) is 24.6 Å². The summed E-state index contributed by atoms with van der Waals surface area (Å²) in [5.74, 6) is 1.00. The van der Waals surface area contributed by atoms with Crippen LogP contribution in [0.5, 0.6) is 0 Å². The van der Waals surface area contributed by atoms with E-state index >= 15 is 0 Å². The number of hydrogen-bond acceptors (Lipinski definition) is 6. The Morgan fingerprint density at radius 1 is 1.50 bits per heavy atom. The minimum atomic E-state index is -0.432. The van der Waals surface area contributed by atoms with Gasteiger partial charge < -0.3 is 10.0 Å². The standard InChI is InChI=1S/C11H19N5O2/c1-4-11(18)15-13-9-5-6-10(14-12-9)16(3)7-8(2)17/h5-6,8,17H,4,7H2,1-3H3,(H,12,13)(H,15,18). The number of aliphatic hydroxyl groups excluding tert-OH is 1. The second-order valence-corrected chi connectivity index (χ2v) is 4.03. The Bertz CT molecular complexity index is 380. The summed E-state index contributed by atoms with van der Waals surface area (Å²) in [5, 5.41) is 17.2. The van der Waals surface area contributed by atoms with Gasteiger partial charge in [0.1, 0.15) is 0 Å². The van der Waals surface area contributed by atoms with Gasteiger partial charge in [0.15, 0.2) is 11.6 Å². The predicted molar refractivity (Wildman–Crippen MR) is 69.0 cm³/mol. The van der Waals surface area contributed by atoms with Crippen LogP contribution < -0.4 is 15.8 Å². The van der Waals surface area contributed by atoms with Gasteiger partial charge >= 0.3 is 0 Å². The molecule has 7 heteroatoms. The maximum Gasteiger partial charge on any atom is 0.238 e. The molecule has 0 aliphatic heterocycles. The van der Waals surface area contributed by atoms with Crippen LogP contribution in [-0.2, 0) is 4.79 Å². The van der Waals surface area contributed by atoms with E-state index < -0.39 is 6.10 Å². The van der Waals surface area contributed by atoms with E-state index in [4.69, 9.17) is 0 Å².